The van der Waals surface area contributed by atoms with Gasteiger partial charge in [-0.25, -0.2) is 4.79 Å². The molecule has 0 radical (unpaired) electrons. The Morgan fingerprint density at radius 2 is 2.06 bits per heavy atom. The van der Waals surface area contributed by atoms with Crippen molar-refractivity contribution >= 4 is 17.7 Å². The Morgan fingerprint density at radius 3 is 2.67 bits per heavy atom. The van der Waals surface area contributed by atoms with E-state index >= 15 is 0 Å². The van der Waals surface area contributed by atoms with Crippen LogP contribution in [0.3, 0.4) is 0 Å². The predicted octanol–water partition coefficient (Wildman–Crippen LogP) is 1.05. The third kappa shape index (κ3) is 3.21. The molecule has 3 N–H and O–H groups in total. The third-order valence-corrected chi connectivity index (χ3v) is 2.68. The van der Waals surface area contributed by atoms with Gasteiger partial charge in [0.05, 0.1) is 0 Å². The van der Waals surface area contributed by atoms with Crippen molar-refractivity contribution in [3.8, 4) is 0 Å². The van der Waals surface area contributed by atoms with Gasteiger partial charge in [0.15, 0.2) is 0 Å². The molecule has 1 saturated heterocycles. The van der Waals surface area contributed by atoms with Gasteiger partial charge in [0, 0.05) is 18.7 Å². The minimum atomic E-state index is -0.926. The Hall–Kier alpha value is -2.08. The number of para-hydroxylation sites is 1. The molecule has 0 saturated carbocycles. The average Bonchev–Trinajstić information content (AvgIpc) is 2.78. The van der Waals surface area contributed by atoms with Gasteiger partial charge in [0.1, 0.15) is 12.1 Å². The summed E-state index contributed by atoms with van der Waals surface area (Å²) < 4.78 is 5.12. The van der Waals surface area contributed by atoms with Crippen molar-refractivity contribution in [3.63, 3.8) is 0 Å². The minimum absolute atomic E-state index is 0.289. The number of carboxylic acids is 1. The zero-order valence-corrected chi connectivity index (χ0v) is 9.63. The number of hydrogen-bond acceptors (Lipinski definition) is 4. The number of hydrogen-bond donors (Lipinski definition) is 3. The number of carboxylic acid groups (broad SMARTS) is 1. The van der Waals surface area contributed by atoms with Gasteiger partial charge in [-0.2, -0.15) is 0 Å². The topological polar surface area (TPSA) is 87.7 Å². The van der Waals surface area contributed by atoms with Crippen LogP contribution in [-0.2, 0) is 9.53 Å². The maximum absolute atomic E-state index is 11.5. The van der Waals surface area contributed by atoms with E-state index in [-0.39, 0.29) is 6.42 Å². The van der Waals surface area contributed by atoms with Gasteiger partial charge in [0.25, 0.3) is 0 Å². The van der Waals surface area contributed by atoms with Gasteiger partial charge in [-0.05, 0) is 12.1 Å². The van der Waals surface area contributed by atoms with E-state index in [0.29, 0.717) is 12.2 Å². The molecule has 0 aromatic heterocycles. The van der Waals surface area contributed by atoms with Gasteiger partial charge in [-0.3, -0.25) is 10.1 Å². The van der Waals surface area contributed by atoms with E-state index in [1.807, 2.05) is 6.07 Å². The van der Waals surface area contributed by atoms with E-state index < -0.39 is 24.2 Å². The van der Waals surface area contributed by atoms with Crippen molar-refractivity contribution in [2.45, 2.75) is 18.6 Å². The van der Waals surface area contributed by atoms with Crippen LogP contribution in [0.2, 0.25) is 0 Å². The number of ether oxygens (including phenoxy) is 1. The van der Waals surface area contributed by atoms with Gasteiger partial charge in [-0.15, -0.1) is 0 Å². The second-order valence-corrected chi connectivity index (χ2v) is 4.05. The molecule has 1 aromatic rings. The minimum Gasteiger partial charge on any atom is -0.480 e. The Kier molecular flexibility index (Phi) is 3.78. The maximum atomic E-state index is 11.5. The highest BCUT2D eigenvalue weighted by atomic mass is 16.6. The first-order chi connectivity index (χ1) is 8.65. The fourth-order valence-corrected chi connectivity index (χ4v) is 1.80. The van der Waals surface area contributed by atoms with Crippen LogP contribution in [0.4, 0.5) is 10.5 Å². The highest BCUT2D eigenvalue weighted by molar-refractivity contribution is 5.84. The fourth-order valence-electron chi connectivity index (χ4n) is 1.80. The van der Waals surface area contributed by atoms with Crippen LogP contribution in [0.25, 0.3) is 0 Å². The van der Waals surface area contributed by atoms with Gasteiger partial charge >= 0.3 is 12.1 Å². The zero-order chi connectivity index (χ0) is 13.0. The molecule has 0 aliphatic carbocycles. The number of anilines is 1. The van der Waals surface area contributed by atoms with Crippen molar-refractivity contribution in [1.29, 1.82) is 0 Å². The summed E-state index contributed by atoms with van der Waals surface area (Å²) in [5.74, 6) is -0.926. The summed E-state index contributed by atoms with van der Waals surface area (Å²) in [4.78, 5) is 22.2. The number of carbonyl (C=O) groups is 2. The van der Waals surface area contributed by atoms with Crippen LogP contribution in [0.15, 0.2) is 30.3 Å². The molecule has 6 heteroatoms. The quantitative estimate of drug-likeness (QED) is 0.746. The predicted molar refractivity (Wildman–Crippen MR) is 64.4 cm³/mol. The lowest BCUT2D eigenvalue weighted by molar-refractivity contribution is -0.139. The van der Waals surface area contributed by atoms with Crippen LogP contribution in [0.1, 0.15) is 6.42 Å². The summed E-state index contributed by atoms with van der Waals surface area (Å²) in [6.07, 6.45) is -0.689. The molecule has 1 aromatic carbocycles. The lowest BCUT2D eigenvalue weighted by atomic mass is 10.2. The van der Waals surface area contributed by atoms with Crippen LogP contribution in [0.5, 0.6) is 0 Å². The summed E-state index contributed by atoms with van der Waals surface area (Å²) in [5.41, 5.74) is 0.642. The summed E-state index contributed by atoms with van der Waals surface area (Å²) in [7, 11) is 0. The lowest BCUT2D eigenvalue weighted by Gasteiger charge is -2.11. The zero-order valence-electron chi connectivity index (χ0n) is 9.63. The molecule has 2 atom stereocenters. The first-order valence-electron chi connectivity index (χ1n) is 5.64. The molecule has 1 aliphatic rings. The largest absolute Gasteiger partial charge is 0.480 e. The van der Waals surface area contributed by atoms with E-state index in [1.54, 1.807) is 24.3 Å². The standard InChI is InChI=1S/C12H14N2O4/c15-11(16)10-6-9(7-13-10)18-12(17)14-8-4-2-1-3-5-8/h1-5,9-10,13H,6-7H2,(H,14,17)(H,15,16)/t9-,10+/m1/s1. The summed E-state index contributed by atoms with van der Waals surface area (Å²) in [6.45, 7) is 0.360. The SMILES string of the molecule is O=C(Nc1ccccc1)O[C@H]1CN[C@H](C(=O)O)C1. The molecule has 6 nitrogen and oxygen atoms in total. The molecular weight excluding hydrogens is 236 g/mol. The van der Waals surface area contributed by atoms with Crippen LogP contribution >= 0.6 is 0 Å². The number of rotatable bonds is 3. The molecule has 1 heterocycles. The van der Waals surface area contributed by atoms with Crippen molar-refractivity contribution in [1.82, 2.24) is 5.32 Å². The van der Waals surface area contributed by atoms with Crippen LogP contribution in [-0.4, -0.2) is 35.9 Å². The third-order valence-electron chi connectivity index (χ3n) is 2.68. The molecule has 1 amide bonds. The van der Waals surface area contributed by atoms with Crippen molar-refractivity contribution in [2.24, 2.45) is 0 Å². The number of carbonyl (C=O) groups excluding carboxylic acids is 1. The van der Waals surface area contributed by atoms with Gasteiger partial charge < -0.3 is 15.2 Å². The second-order valence-electron chi connectivity index (χ2n) is 4.05. The number of nitrogens with one attached hydrogen (secondary N) is 2. The lowest BCUT2D eigenvalue weighted by Crippen LogP contribution is -2.30. The van der Waals surface area contributed by atoms with Crippen molar-refractivity contribution < 1.29 is 19.4 Å². The average molecular weight is 250 g/mol. The molecule has 2 rings (SSSR count). The van der Waals surface area contributed by atoms with E-state index in [2.05, 4.69) is 10.6 Å². The fraction of sp³-hybridized carbons (Fsp3) is 0.333. The summed E-state index contributed by atoms with van der Waals surface area (Å²) in [5, 5.41) is 14.1. The second kappa shape index (κ2) is 5.50. The Labute approximate surface area is 104 Å². The molecule has 1 fully saturated rings. The Morgan fingerprint density at radius 1 is 1.33 bits per heavy atom. The monoisotopic (exact) mass is 250 g/mol. The van der Waals surface area contributed by atoms with E-state index in [0.717, 1.165) is 0 Å². The molecule has 0 bridgehead atoms. The van der Waals surface area contributed by atoms with Crippen LogP contribution < -0.4 is 10.6 Å². The summed E-state index contributed by atoms with van der Waals surface area (Å²) in [6, 6.07) is 8.29. The molecular formula is C12H14N2O4. The van der Waals surface area contributed by atoms with Gasteiger partial charge in [-0.1, -0.05) is 18.2 Å². The summed E-state index contributed by atoms with van der Waals surface area (Å²) >= 11 is 0. The molecule has 0 unspecified atom stereocenters. The van der Waals surface area contributed by atoms with E-state index in [1.165, 1.54) is 0 Å². The number of aliphatic carboxylic acids is 1. The van der Waals surface area contributed by atoms with Gasteiger partial charge in [0.2, 0.25) is 0 Å². The Bertz CT molecular complexity index is 435. The number of benzene rings is 1. The highest BCUT2D eigenvalue weighted by Gasteiger charge is 2.31. The van der Waals surface area contributed by atoms with Crippen LogP contribution in [0, 0.1) is 0 Å². The smallest absolute Gasteiger partial charge is 0.411 e. The Balaban J connectivity index is 1.80. The molecule has 18 heavy (non-hydrogen) atoms. The first-order valence-corrected chi connectivity index (χ1v) is 5.64. The van der Waals surface area contributed by atoms with E-state index in [4.69, 9.17) is 9.84 Å². The number of amides is 1. The maximum Gasteiger partial charge on any atom is 0.411 e. The molecule has 96 valence electrons. The normalized spacial score (nSPS) is 22.4. The van der Waals surface area contributed by atoms with Crippen molar-refractivity contribution in [3.05, 3.63) is 30.3 Å². The van der Waals surface area contributed by atoms with E-state index in [9.17, 15) is 9.59 Å². The molecule has 1 aliphatic heterocycles. The van der Waals surface area contributed by atoms with Crippen molar-refractivity contribution in [2.75, 3.05) is 11.9 Å². The highest BCUT2D eigenvalue weighted by Crippen LogP contribution is 2.12. The molecule has 0 spiro atoms. The first kappa shape index (κ1) is 12.4.